The van der Waals surface area contributed by atoms with Crippen LogP contribution in [-0.4, -0.2) is 49.6 Å². The zero-order valence-electron chi connectivity index (χ0n) is 17.1. The van der Waals surface area contributed by atoms with Gasteiger partial charge in [0, 0.05) is 5.56 Å². The zero-order valence-corrected chi connectivity index (χ0v) is 17.1. The van der Waals surface area contributed by atoms with Crippen LogP contribution in [0.2, 0.25) is 0 Å². The fourth-order valence-electron chi connectivity index (χ4n) is 3.77. The molecule has 8 nitrogen and oxygen atoms in total. The number of fused-ring (bicyclic) bond motifs is 1. The molecule has 1 aliphatic heterocycles. The molecule has 4 aromatic rings. The van der Waals surface area contributed by atoms with E-state index in [1.54, 1.807) is 0 Å². The van der Waals surface area contributed by atoms with E-state index < -0.39 is 24.6 Å². The second-order valence-electron chi connectivity index (χ2n) is 7.62. The van der Waals surface area contributed by atoms with E-state index in [4.69, 9.17) is 15.2 Å². The van der Waals surface area contributed by atoms with E-state index >= 15 is 4.39 Å². The smallest absolute Gasteiger partial charge is 0.173 e. The number of aliphatic hydroxyl groups excluding tert-OH is 1. The maximum atomic E-state index is 15.0. The Labute approximate surface area is 183 Å². The molecule has 1 saturated heterocycles. The number of rotatable bonds is 6. The van der Waals surface area contributed by atoms with Crippen LogP contribution in [0, 0.1) is 0 Å². The summed E-state index contributed by atoms with van der Waals surface area (Å²) in [5.74, 6) is 0.582. The maximum absolute atomic E-state index is 15.0. The molecule has 3 heterocycles. The molecular weight excluding hydrogens is 413 g/mol. The van der Waals surface area contributed by atoms with Gasteiger partial charge >= 0.3 is 0 Å². The van der Waals surface area contributed by atoms with Gasteiger partial charge in [0.15, 0.2) is 29.7 Å². The van der Waals surface area contributed by atoms with Gasteiger partial charge in [-0.3, -0.25) is 4.57 Å². The first-order valence-corrected chi connectivity index (χ1v) is 10.3. The highest BCUT2D eigenvalue weighted by Gasteiger charge is 2.46. The Kier molecular flexibility index (Phi) is 5.52. The first kappa shape index (κ1) is 20.5. The van der Waals surface area contributed by atoms with Gasteiger partial charge in [-0.1, -0.05) is 60.7 Å². The first-order valence-electron chi connectivity index (χ1n) is 10.3. The van der Waals surface area contributed by atoms with Gasteiger partial charge in [0.05, 0.1) is 19.5 Å². The molecule has 2 aromatic heterocycles. The van der Waals surface area contributed by atoms with Crippen molar-refractivity contribution < 1.29 is 19.0 Å². The van der Waals surface area contributed by atoms with Gasteiger partial charge in [-0.25, -0.2) is 19.3 Å². The van der Waals surface area contributed by atoms with E-state index in [0.29, 0.717) is 23.6 Å². The Morgan fingerprint density at radius 3 is 2.53 bits per heavy atom. The number of anilines is 1. The third-order valence-electron chi connectivity index (χ3n) is 5.44. The molecule has 0 aliphatic carbocycles. The van der Waals surface area contributed by atoms with Crippen molar-refractivity contribution in [3.8, 4) is 11.4 Å². The number of nitrogen functional groups attached to an aromatic ring is 1. The third kappa shape index (κ3) is 3.81. The van der Waals surface area contributed by atoms with Crippen LogP contribution in [0.15, 0.2) is 67.0 Å². The van der Waals surface area contributed by atoms with Crippen molar-refractivity contribution >= 4 is 17.0 Å². The Bertz CT molecular complexity index is 1200. The maximum Gasteiger partial charge on any atom is 0.173 e. The number of ether oxygens (including phenoxy) is 2. The van der Waals surface area contributed by atoms with E-state index in [9.17, 15) is 5.11 Å². The third-order valence-corrected chi connectivity index (χ3v) is 5.44. The number of hydrogen-bond donors (Lipinski definition) is 2. The highest BCUT2D eigenvalue weighted by Crippen LogP contribution is 2.35. The van der Waals surface area contributed by atoms with Gasteiger partial charge < -0.3 is 20.3 Å². The second-order valence-corrected chi connectivity index (χ2v) is 7.62. The monoisotopic (exact) mass is 435 g/mol. The van der Waals surface area contributed by atoms with Gasteiger partial charge in [-0.05, 0) is 5.56 Å². The molecular formula is C23H22FN5O3. The Morgan fingerprint density at radius 1 is 1.06 bits per heavy atom. The minimum Gasteiger partial charge on any atom is -0.387 e. The molecule has 32 heavy (non-hydrogen) atoms. The second kappa shape index (κ2) is 8.62. The van der Waals surface area contributed by atoms with Crippen molar-refractivity contribution in [2.75, 3.05) is 12.3 Å². The Hall–Kier alpha value is -3.40. The van der Waals surface area contributed by atoms with Crippen molar-refractivity contribution in [3.05, 3.63) is 72.6 Å². The molecule has 0 bridgehead atoms. The summed E-state index contributed by atoms with van der Waals surface area (Å²) in [5, 5.41) is 10.4. The number of imidazole rings is 1. The van der Waals surface area contributed by atoms with Crippen LogP contribution in [0.5, 0.6) is 0 Å². The van der Waals surface area contributed by atoms with Crippen LogP contribution in [-0.2, 0) is 16.1 Å². The number of benzene rings is 2. The lowest BCUT2D eigenvalue weighted by Gasteiger charge is -2.16. The summed E-state index contributed by atoms with van der Waals surface area (Å²) >= 11 is 0. The fraction of sp³-hybridized carbons (Fsp3) is 0.261. The van der Waals surface area contributed by atoms with E-state index in [1.165, 1.54) is 10.9 Å². The summed E-state index contributed by atoms with van der Waals surface area (Å²) in [4.78, 5) is 13.1. The van der Waals surface area contributed by atoms with E-state index in [2.05, 4.69) is 15.0 Å². The van der Waals surface area contributed by atoms with Crippen LogP contribution >= 0.6 is 0 Å². The van der Waals surface area contributed by atoms with Gasteiger partial charge in [0.1, 0.15) is 17.7 Å². The minimum atomic E-state index is -1.69. The van der Waals surface area contributed by atoms with Crippen molar-refractivity contribution in [1.82, 2.24) is 19.5 Å². The molecule has 3 N–H and O–H groups in total. The van der Waals surface area contributed by atoms with E-state index in [1.807, 2.05) is 60.7 Å². The van der Waals surface area contributed by atoms with Gasteiger partial charge in [-0.15, -0.1) is 0 Å². The highest BCUT2D eigenvalue weighted by molar-refractivity contribution is 5.83. The average Bonchev–Trinajstić information content (AvgIpc) is 3.37. The number of aliphatic hydroxyl groups is 1. The summed E-state index contributed by atoms with van der Waals surface area (Å²) in [6, 6.07) is 18.9. The van der Waals surface area contributed by atoms with Crippen molar-refractivity contribution in [2.45, 2.75) is 31.2 Å². The van der Waals surface area contributed by atoms with E-state index in [-0.39, 0.29) is 12.4 Å². The lowest BCUT2D eigenvalue weighted by Crippen LogP contribution is -2.31. The number of halogens is 1. The molecule has 1 aliphatic rings. The Balaban J connectivity index is 1.38. The van der Waals surface area contributed by atoms with Crippen LogP contribution in [0.3, 0.4) is 0 Å². The molecule has 4 atom stereocenters. The molecule has 2 aromatic carbocycles. The Morgan fingerprint density at radius 2 is 1.78 bits per heavy atom. The molecule has 0 saturated carbocycles. The number of aromatic nitrogens is 4. The summed E-state index contributed by atoms with van der Waals surface area (Å²) in [6.45, 7) is 0.388. The number of nitrogens with zero attached hydrogens (tertiary/aromatic N) is 4. The molecule has 0 radical (unpaired) electrons. The fourth-order valence-corrected chi connectivity index (χ4v) is 3.77. The number of nitrogens with two attached hydrogens (primary N) is 1. The lowest BCUT2D eigenvalue weighted by molar-refractivity contribution is -0.0660. The zero-order chi connectivity index (χ0) is 22.1. The highest BCUT2D eigenvalue weighted by atomic mass is 19.1. The minimum absolute atomic E-state index is 0.0476. The predicted molar refractivity (Wildman–Crippen MR) is 116 cm³/mol. The van der Waals surface area contributed by atoms with Crippen LogP contribution in [0.25, 0.3) is 22.6 Å². The van der Waals surface area contributed by atoms with E-state index in [0.717, 1.165) is 11.1 Å². The van der Waals surface area contributed by atoms with Crippen LogP contribution < -0.4 is 5.73 Å². The molecule has 0 amide bonds. The summed E-state index contributed by atoms with van der Waals surface area (Å²) in [7, 11) is 0. The predicted octanol–water partition coefficient (Wildman–Crippen LogP) is 2.89. The largest absolute Gasteiger partial charge is 0.387 e. The number of hydrogen-bond acceptors (Lipinski definition) is 7. The normalized spacial score (nSPS) is 23.1. The van der Waals surface area contributed by atoms with Crippen LogP contribution in [0.1, 0.15) is 11.8 Å². The molecule has 0 spiro atoms. The molecule has 9 heteroatoms. The molecule has 1 fully saturated rings. The molecule has 164 valence electrons. The number of alkyl halides is 1. The first-order chi connectivity index (χ1) is 15.6. The van der Waals surface area contributed by atoms with Crippen molar-refractivity contribution in [1.29, 1.82) is 0 Å². The average molecular weight is 435 g/mol. The van der Waals surface area contributed by atoms with Gasteiger partial charge in [0.2, 0.25) is 0 Å². The molecule has 0 unspecified atom stereocenters. The van der Waals surface area contributed by atoms with Gasteiger partial charge in [-0.2, -0.15) is 0 Å². The standard InChI is InChI=1S/C23H22FN5O3/c24-17-19(30)16(12-31-11-14-7-3-1-4-8-14)32-23(17)29-13-26-18-20(25)27-21(28-22(18)29)15-9-5-2-6-10-15/h1-10,13,16-17,19,23,30H,11-12H2,(H2,25,27,28)/t16-,17+,19-,23-/m1/s1. The summed E-state index contributed by atoms with van der Waals surface area (Å²) in [5.41, 5.74) is 8.52. The van der Waals surface area contributed by atoms with Crippen LogP contribution in [0.4, 0.5) is 10.2 Å². The van der Waals surface area contributed by atoms with Crippen molar-refractivity contribution in [2.24, 2.45) is 0 Å². The quantitative estimate of drug-likeness (QED) is 0.479. The van der Waals surface area contributed by atoms with Crippen molar-refractivity contribution in [3.63, 3.8) is 0 Å². The molecule has 5 rings (SSSR count). The lowest BCUT2D eigenvalue weighted by atomic mass is 10.1. The van der Waals surface area contributed by atoms with Gasteiger partial charge in [0.25, 0.3) is 0 Å². The topological polar surface area (TPSA) is 108 Å². The summed E-state index contributed by atoms with van der Waals surface area (Å²) < 4.78 is 28.0. The summed E-state index contributed by atoms with van der Waals surface area (Å²) in [6.07, 6.45) is -3.57. The SMILES string of the molecule is Nc1nc(-c2ccccc2)nc2c1ncn2[C@@H]1O[C@H](COCc2ccccc2)[C@@H](O)[C@@H]1F.